The van der Waals surface area contributed by atoms with Gasteiger partial charge in [0.25, 0.3) is 0 Å². The van der Waals surface area contributed by atoms with Crippen LogP contribution in [0.25, 0.3) is 0 Å². The van der Waals surface area contributed by atoms with Gasteiger partial charge in [-0.15, -0.1) is 0 Å². The lowest BCUT2D eigenvalue weighted by Gasteiger charge is -2.21. The van der Waals surface area contributed by atoms with Gasteiger partial charge in [-0.1, -0.05) is 19.9 Å². The summed E-state index contributed by atoms with van der Waals surface area (Å²) in [5, 5.41) is 6.67. The fourth-order valence-corrected chi connectivity index (χ4v) is 2.25. The Balaban J connectivity index is 2.25. The number of guanidine groups is 1. The molecule has 1 aromatic heterocycles. The molecule has 0 saturated carbocycles. The normalized spacial score (nSPS) is 13.2. The molecule has 1 heterocycles. The molecule has 0 saturated heterocycles. The molecule has 0 amide bonds. The number of hydrogen-bond donors (Lipinski definition) is 2. The summed E-state index contributed by atoms with van der Waals surface area (Å²) < 4.78 is 5.75. The lowest BCUT2D eigenvalue weighted by molar-refractivity contribution is 0.0258. The van der Waals surface area contributed by atoms with E-state index in [1.54, 1.807) is 13.2 Å². The van der Waals surface area contributed by atoms with Crippen LogP contribution in [0.4, 0.5) is 0 Å². The van der Waals surface area contributed by atoms with Crippen LogP contribution in [0.15, 0.2) is 29.5 Å². The highest BCUT2D eigenvalue weighted by Gasteiger charge is 2.12. The van der Waals surface area contributed by atoms with Crippen molar-refractivity contribution in [2.75, 3.05) is 26.7 Å². The maximum Gasteiger partial charge on any atom is 0.190 e. The lowest BCUT2D eigenvalue weighted by atomic mass is 10.0. The van der Waals surface area contributed by atoms with E-state index in [4.69, 9.17) is 4.74 Å². The van der Waals surface area contributed by atoms with Crippen molar-refractivity contribution in [3.05, 3.63) is 30.1 Å². The molecule has 1 unspecified atom stereocenters. The zero-order chi connectivity index (χ0) is 16.2. The fourth-order valence-electron chi connectivity index (χ4n) is 2.25. The summed E-state index contributed by atoms with van der Waals surface area (Å²) in [5.41, 5.74) is 1.22. The molecule has 2 N–H and O–H groups in total. The number of pyridine rings is 1. The molecule has 1 rings (SSSR count). The smallest absolute Gasteiger partial charge is 0.190 e. The zero-order valence-corrected chi connectivity index (χ0v) is 14.3. The lowest BCUT2D eigenvalue weighted by Crippen LogP contribution is -2.40. The Kier molecular flexibility index (Phi) is 9.23. The summed E-state index contributed by atoms with van der Waals surface area (Å²) in [6, 6.07) is 4.04. The topological polar surface area (TPSA) is 58.5 Å². The van der Waals surface area contributed by atoms with Gasteiger partial charge in [-0.25, -0.2) is 0 Å². The summed E-state index contributed by atoms with van der Waals surface area (Å²) in [5.74, 6) is 1.37. The third-order valence-corrected chi connectivity index (χ3v) is 3.50. The van der Waals surface area contributed by atoms with E-state index < -0.39 is 0 Å². The van der Waals surface area contributed by atoms with E-state index in [0.29, 0.717) is 12.0 Å². The molecule has 0 aromatic carbocycles. The molecule has 22 heavy (non-hydrogen) atoms. The number of rotatable bonds is 9. The minimum absolute atomic E-state index is 0.297. The van der Waals surface area contributed by atoms with E-state index in [1.165, 1.54) is 5.56 Å². The number of nitrogens with one attached hydrogen (secondary N) is 2. The van der Waals surface area contributed by atoms with Gasteiger partial charge in [-0.3, -0.25) is 9.98 Å². The summed E-state index contributed by atoms with van der Waals surface area (Å²) >= 11 is 0. The Hall–Kier alpha value is -1.62. The molecule has 5 nitrogen and oxygen atoms in total. The highest BCUT2D eigenvalue weighted by atomic mass is 16.5. The van der Waals surface area contributed by atoms with Gasteiger partial charge in [-0.2, -0.15) is 0 Å². The maximum atomic E-state index is 5.75. The van der Waals surface area contributed by atoms with E-state index in [-0.39, 0.29) is 0 Å². The van der Waals surface area contributed by atoms with Crippen molar-refractivity contribution in [1.82, 2.24) is 15.6 Å². The van der Waals surface area contributed by atoms with Gasteiger partial charge < -0.3 is 15.4 Å². The zero-order valence-electron chi connectivity index (χ0n) is 14.3. The molecule has 0 bridgehead atoms. The Morgan fingerprint density at radius 1 is 1.32 bits per heavy atom. The molecule has 1 atom stereocenters. The number of hydrogen-bond acceptors (Lipinski definition) is 3. The van der Waals surface area contributed by atoms with Crippen molar-refractivity contribution in [2.24, 2.45) is 10.9 Å². The van der Waals surface area contributed by atoms with Crippen LogP contribution >= 0.6 is 0 Å². The van der Waals surface area contributed by atoms with Gasteiger partial charge in [0.05, 0.1) is 6.10 Å². The Morgan fingerprint density at radius 3 is 2.68 bits per heavy atom. The third kappa shape index (κ3) is 7.41. The largest absolute Gasteiger partial charge is 0.378 e. The summed E-state index contributed by atoms with van der Waals surface area (Å²) in [6.45, 7) is 8.89. The number of nitrogens with zero attached hydrogens (tertiary/aromatic N) is 2. The molecule has 0 aliphatic heterocycles. The van der Waals surface area contributed by atoms with Gasteiger partial charge in [0.1, 0.15) is 0 Å². The maximum absolute atomic E-state index is 5.75. The van der Waals surface area contributed by atoms with Crippen molar-refractivity contribution < 1.29 is 4.74 Å². The van der Waals surface area contributed by atoms with Crippen molar-refractivity contribution >= 4 is 5.96 Å². The minimum Gasteiger partial charge on any atom is -0.378 e. The molecule has 0 radical (unpaired) electrons. The van der Waals surface area contributed by atoms with E-state index in [2.05, 4.69) is 40.5 Å². The average Bonchev–Trinajstić information content (AvgIpc) is 2.53. The molecular weight excluding hydrogens is 276 g/mol. The Labute approximate surface area is 134 Å². The van der Waals surface area contributed by atoms with Crippen molar-refractivity contribution in [1.29, 1.82) is 0 Å². The third-order valence-electron chi connectivity index (χ3n) is 3.50. The molecule has 1 aromatic rings. The molecule has 0 aliphatic carbocycles. The highest BCUT2D eigenvalue weighted by Crippen LogP contribution is 2.09. The highest BCUT2D eigenvalue weighted by molar-refractivity contribution is 5.79. The minimum atomic E-state index is 0.297. The number of aromatic nitrogens is 1. The summed E-state index contributed by atoms with van der Waals surface area (Å²) in [4.78, 5) is 8.36. The van der Waals surface area contributed by atoms with E-state index in [1.807, 2.05) is 19.2 Å². The van der Waals surface area contributed by atoms with Crippen LogP contribution in [0.1, 0.15) is 32.8 Å². The van der Waals surface area contributed by atoms with Gasteiger partial charge >= 0.3 is 0 Å². The van der Waals surface area contributed by atoms with Crippen LogP contribution in [0.5, 0.6) is 0 Å². The predicted molar refractivity (Wildman–Crippen MR) is 92.2 cm³/mol. The first-order valence-corrected chi connectivity index (χ1v) is 8.12. The van der Waals surface area contributed by atoms with Crippen LogP contribution in [-0.2, 0) is 11.2 Å². The molecular formula is C17H30N4O. The van der Waals surface area contributed by atoms with Crippen LogP contribution in [-0.4, -0.2) is 43.8 Å². The van der Waals surface area contributed by atoms with Crippen molar-refractivity contribution in [3.63, 3.8) is 0 Å². The van der Waals surface area contributed by atoms with Gasteiger partial charge in [0.15, 0.2) is 5.96 Å². The van der Waals surface area contributed by atoms with Crippen LogP contribution in [0.3, 0.4) is 0 Å². The van der Waals surface area contributed by atoms with Crippen molar-refractivity contribution in [3.8, 4) is 0 Å². The Morgan fingerprint density at radius 2 is 2.09 bits per heavy atom. The summed E-state index contributed by atoms with van der Waals surface area (Å²) in [7, 11) is 1.79. The van der Waals surface area contributed by atoms with Gasteiger partial charge in [0, 0.05) is 39.1 Å². The number of aliphatic imine (C=N–C) groups is 1. The van der Waals surface area contributed by atoms with Crippen LogP contribution in [0, 0.1) is 5.92 Å². The standard InChI is InChI=1S/C17H30N4O/c1-5-22-16(14(2)3)9-12-21-17(18-4)20-11-8-15-7-6-10-19-13-15/h6-7,10,13-14,16H,5,8-9,11-12H2,1-4H3,(H2,18,20,21). The summed E-state index contributed by atoms with van der Waals surface area (Å²) in [6.07, 6.45) is 5.90. The molecule has 124 valence electrons. The first kappa shape index (κ1) is 18.4. The second-order valence-corrected chi connectivity index (χ2v) is 5.56. The quantitative estimate of drug-likeness (QED) is 0.543. The van der Waals surface area contributed by atoms with E-state index in [9.17, 15) is 0 Å². The van der Waals surface area contributed by atoms with Crippen LogP contribution < -0.4 is 10.6 Å². The Bertz CT molecular complexity index is 420. The van der Waals surface area contributed by atoms with Gasteiger partial charge in [-0.05, 0) is 37.3 Å². The molecule has 0 aliphatic rings. The second kappa shape index (κ2) is 11.0. The monoisotopic (exact) mass is 306 g/mol. The first-order chi connectivity index (χ1) is 10.7. The SMILES string of the molecule is CCOC(CCNC(=NC)NCCc1cccnc1)C(C)C. The second-order valence-electron chi connectivity index (χ2n) is 5.56. The fraction of sp³-hybridized carbons (Fsp3) is 0.647. The molecule has 0 fully saturated rings. The van der Waals surface area contributed by atoms with E-state index in [0.717, 1.165) is 38.5 Å². The number of ether oxygens (including phenoxy) is 1. The van der Waals surface area contributed by atoms with Crippen LogP contribution in [0.2, 0.25) is 0 Å². The molecule has 5 heteroatoms. The molecule has 0 spiro atoms. The average molecular weight is 306 g/mol. The predicted octanol–water partition coefficient (Wildman–Crippen LogP) is 2.24. The van der Waals surface area contributed by atoms with Crippen molar-refractivity contribution in [2.45, 2.75) is 39.7 Å². The first-order valence-electron chi connectivity index (χ1n) is 8.12. The van der Waals surface area contributed by atoms with Gasteiger partial charge in [0.2, 0.25) is 0 Å². The van der Waals surface area contributed by atoms with E-state index >= 15 is 0 Å².